The number of unbranched alkanes of at least 4 members (excludes halogenated alkanes) is 2. The van der Waals surface area contributed by atoms with Crippen LogP contribution in [0.1, 0.15) is 25.7 Å². The van der Waals surface area contributed by atoms with Crippen molar-refractivity contribution in [3.8, 4) is 5.75 Å². The fourth-order valence-corrected chi connectivity index (χ4v) is 2.64. The maximum atomic E-state index is 10.9. The highest BCUT2D eigenvalue weighted by Crippen LogP contribution is 2.31. The Morgan fingerprint density at radius 3 is 2.84 bits per heavy atom. The first-order valence-corrected chi connectivity index (χ1v) is 7.21. The molecule has 0 aliphatic heterocycles. The Kier molecular flexibility index (Phi) is 7.14. The number of amides is 1. The summed E-state index contributed by atoms with van der Waals surface area (Å²) in [5.41, 5.74) is 8.53. The van der Waals surface area contributed by atoms with Gasteiger partial charge < -0.3 is 10.5 Å². The molecule has 106 valence electrons. The molecule has 0 radical (unpaired) electrons. The van der Waals surface area contributed by atoms with Gasteiger partial charge in [0, 0.05) is 23.1 Å². The van der Waals surface area contributed by atoms with Gasteiger partial charge in [0.25, 0.3) is 0 Å². The van der Waals surface area contributed by atoms with Gasteiger partial charge in [-0.1, -0.05) is 6.42 Å². The molecule has 0 atom stereocenters. The summed E-state index contributed by atoms with van der Waals surface area (Å²) in [6.45, 7) is 0. The zero-order chi connectivity index (χ0) is 14.1. The summed E-state index contributed by atoms with van der Waals surface area (Å²) in [6.07, 6.45) is 3.42. The highest BCUT2D eigenvalue weighted by atomic mass is 32.2. The van der Waals surface area contributed by atoms with Gasteiger partial charge in [-0.15, -0.1) is 11.8 Å². The molecule has 0 aliphatic rings. The third kappa shape index (κ3) is 5.85. The summed E-state index contributed by atoms with van der Waals surface area (Å²) in [6, 6.07) is 5.67. The second kappa shape index (κ2) is 8.66. The first-order valence-electron chi connectivity index (χ1n) is 6.23. The van der Waals surface area contributed by atoms with E-state index in [1.807, 2.05) is 18.2 Å². The smallest absolute Gasteiger partial charge is 0.233 e. The average molecular weight is 283 g/mol. The number of nitrogens with two attached hydrogens (primary N) is 2. The van der Waals surface area contributed by atoms with E-state index in [0.717, 1.165) is 35.7 Å². The minimum atomic E-state index is -0.104. The van der Waals surface area contributed by atoms with Crippen molar-refractivity contribution in [3.05, 3.63) is 18.2 Å². The summed E-state index contributed by atoms with van der Waals surface area (Å²) in [5, 5.41) is 0. The lowest BCUT2D eigenvalue weighted by atomic mass is 10.2. The third-order valence-electron chi connectivity index (χ3n) is 2.65. The van der Waals surface area contributed by atoms with Crippen molar-refractivity contribution in [3.63, 3.8) is 0 Å². The zero-order valence-electron chi connectivity index (χ0n) is 11.1. The number of methoxy groups -OCH3 is 1. The molecule has 0 bridgehead atoms. The molecule has 0 saturated carbocycles. The van der Waals surface area contributed by atoms with E-state index in [1.165, 1.54) is 0 Å². The number of hydrogen-bond acceptors (Lipinski definition) is 5. The second-order valence-corrected chi connectivity index (χ2v) is 5.27. The second-order valence-electron chi connectivity index (χ2n) is 4.14. The molecule has 5 nitrogen and oxygen atoms in total. The molecule has 1 rings (SSSR count). The molecular formula is C13H21N3O2S. The number of nitrogen functional groups attached to an aromatic ring is 1. The van der Waals surface area contributed by atoms with Crippen LogP contribution in [-0.2, 0) is 4.79 Å². The predicted octanol–water partition coefficient (Wildman–Crippen LogP) is 1.92. The van der Waals surface area contributed by atoms with Crippen molar-refractivity contribution in [2.75, 3.05) is 18.6 Å². The van der Waals surface area contributed by atoms with Crippen molar-refractivity contribution in [1.82, 2.24) is 5.43 Å². The van der Waals surface area contributed by atoms with Crippen LogP contribution in [0.25, 0.3) is 0 Å². The number of rotatable bonds is 8. The predicted molar refractivity (Wildman–Crippen MR) is 78.9 cm³/mol. The number of benzene rings is 1. The summed E-state index contributed by atoms with van der Waals surface area (Å²) >= 11 is 1.74. The highest BCUT2D eigenvalue weighted by molar-refractivity contribution is 7.99. The van der Waals surface area contributed by atoms with Crippen LogP contribution in [0.2, 0.25) is 0 Å². The Morgan fingerprint density at radius 2 is 2.16 bits per heavy atom. The number of hydrogen-bond donors (Lipinski definition) is 3. The van der Waals surface area contributed by atoms with Gasteiger partial charge in [0.05, 0.1) is 7.11 Å². The van der Waals surface area contributed by atoms with Crippen LogP contribution < -0.4 is 21.7 Å². The van der Waals surface area contributed by atoms with Crippen molar-refractivity contribution >= 4 is 23.4 Å². The Hall–Kier alpha value is -1.40. The van der Waals surface area contributed by atoms with Crippen LogP contribution in [0, 0.1) is 0 Å². The number of nitrogens with one attached hydrogen (secondary N) is 1. The molecule has 0 spiro atoms. The van der Waals surface area contributed by atoms with Gasteiger partial charge in [-0.2, -0.15) is 0 Å². The quantitative estimate of drug-likeness (QED) is 0.169. The molecule has 0 aliphatic carbocycles. The third-order valence-corrected chi connectivity index (χ3v) is 3.80. The Bertz CT molecular complexity index is 413. The summed E-state index contributed by atoms with van der Waals surface area (Å²) in [5.74, 6) is 6.70. The van der Waals surface area contributed by atoms with Crippen molar-refractivity contribution in [2.24, 2.45) is 5.84 Å². The molecular weight excluding hydrogens is 262 g/mol. The van der Waals surface area contributed by atoms with E-state index in [2.05, 4.69) is 5.43 Å². The van der Waals surface area contributed by atoms with Crippen LogP contribution >= 0.6 is 11.8 Å². The van der Waals surface area contributed by atoms with Gasteiger partial charge in [-0.3, -0.25) is 10.2 Å². The van der Waals surface area contributed by atoms with Crippen LogP contribution in [0.15, 0.2) is 23.1 Å². The van der Waals surface area contributed by atoms with Gasteiger partial charge in [0.2, 0.25) is 5.91 Å². The average Bonchev–Trinajstić information content (AvgIpc) is 2.43. The van der Waals surface area contributed by atoms with Crippen LogP contribution in [-0.4, -0.2) is 18.8 Å². The van der Waals surface area contributed by atoms with E-state index in [1.54, 1.807) is 18.9 Å². The molecule has 0 fully saturated rings. The van der Waals surface area contributed by atoms with E-state index in [9.17, 15) is 4.79 Å². The van der Waals surface area contributed by atoms with E-state index >= 15 is 0 Å². The first-order chi connectivity index (χ1) is 9.17. The lowest BCUT2D eigenvalue weighted by Gasteiger charge is -2.08. The number of ether oxygens (including phenoxy) is 1. The van der Waals surface area contributed by atoms with E-state index in [0.29, 0.717) is 12.1 Å². The van der Waals surface area contributed by atoms with Crippen LogP contribution in [0.4, 0.5) is 5.69 Å². The lowest BCUT2D eigenvalue weighted by Crippen LogP contribution is -2.29. The Labute approximate surface area is 118 Å². The Morgan fingerprint density at radius 1 is 1.37 bits per heavy atom. The summed E-state index contributed by atoms with van der Waals surface area (Å²) in [4.78, 5) is 12.0. The standard InChI is InChI=1S/C13H21N3O2S/c1-18-11-9-10(14)6-7-12(11)19-8-4-2-3-5-13(17)16-15/h6-7,9H,2-5,8,14-15H2,1H3,(H,16,17). The molecule has 5 N–H and O–H groups in total. The number of thioether (sulfide) groups is 1. The van der Waals surface area contributed by atoms with Gasteiger partial charge in [0.15, 0.2) is 0 Å². The van der Waals surface area contributed by atoms with E-state index in [-0.39, 0.29) is 5.91 Å². The van der Waals surface area contributed by atoms with Crippen molar-refractivity contribution in [2.45, 2.75) is 30.6 Å². The molecule has 19 heavy (non-hydrogen) atoms. The highest BCUT2D eigenvalue weighted by Gasteiger charge is 2.04. The van der Waals surface area contributed by atoms with Crippen LogP contribution in [0.5, 0.6) is 5.75 Å². The maximum absolute atomic E-state index is 10.9. The zero-order valence-corrected chi connectivity index (χ0v) is 12.0. The fraction of sp³-hybridized carbons (Fsp3) is 0.462. The number of anilines is 1. The number of carbonyl (C=O) groups is 1. The van der Waals surface area contributed by atoms with Crippen molar-refractivity contribution in [1.29, 1.82) is 0 Å². The minimum Gasteiger partial charge on any atom is -0.496 e. The van der Waals surface area contributed by atoms with Crippen LogP contribution in [0.3, 0.4) is 0 Å². The molecule has 1 aromatic rings. The molecule has 0 heterocycles. The van der Waals surface area contributed by atoms with E-state index < -0.39 is 0 Å². The van der Waals surface area contributed by atoms with Gasteiger partial charge in [-0.05, 0) is 30.7 Å². The molecule has 1 aromatic carbocycles. The maximum Gasteiger partial charge on any atom is 0.233 e. The summed E-state index contributed by atoms with van der Waals surface area (Å²) in [7, 11) is 1.64. The Balaban J connectivity index is 2.24. The van der Waals surface area contributed by atoms with Gasteiger partial charge >= 0.3 is 0 Å². The normalized spacial score (nSPS) is 10.2. The molecule has 6 heteroatoms. The molecule has 0 saturated heterocycles. The summed E-state index contributed by atoms with van der Waals surface area (Å²) < 4.78 is 5.28. The van der Waals surface area contributed by atoms with E-state index in [4.69, 9.17) is 16.3 Å². The van der Waals surface area contributed by atoms with Gasteiger partial charge in [-0.25, -0.2) is 5.84 Å². The molecule has 0 aromatic heterocycles. The molecule has 1 amide bonds. The monoisotopic (exact) mass is 283 g/mol. The minimum absolute atomic E-state index is 0.104. The SMILES string of the molecule is COc1cc(N)ccc1SCCCCCC(=O)NN. The number of carbonyl (C=O) groups excluding carboxylic acids is 1. The molecule has 0 unspecified atom stereocenters. The number of hydrazine groups is 1. The lowest BCUT2D eigenvalue weighted by molar-refractivity contribution is -0.121. The van der Waals surface area contributed by atoms with Crippen molar-refractivity contribution < 1.29 is 9.53 Å². The fourth-order valence-electron chi connectivity index (χ4n) is 1.62. The topological polar surface area (TPSA) is 90.4 Å². The first kappa shape index (κ1) is 15.7. The largest absolute Gasteiger partial charge is 0.496 e. The van der Waals surface area contributed by atoms with Gasteiger partial charge in [0.1, 0.15) is 5.75 Å².